The minimum absolute atomic E-state index is 0.0188. The zero-order valence-electron chi connectivity index (χ0n) is 10.5. The Kier molecular flexibility index (Phi) is 6.44. The zero-order chi connectivity index (χ0) is 14.3. The quantitative estimate of drug-likeness (QED) is 0.359. The second-order valence-electron chi connectivity index (χ2n) is 3.81. The maximum Gasteiger partial charge on any atom is 0.269 e. The van der Waals surface area contributed by atoms with E-state index >= 15 is 0 Å². The van der Waals surface area contributed by atoms with Crippen LogP contribution in [-0.4, -0.2) is 35.9 Å². The van der Waals surface area contributed by atoms with Gasteiger partial charge in [-0.15, -0.1) is 0 Å². The molecule has 19 heavy (non-hydrogen) atoms. The van der Waals surface area contributed by atoms with Crippen molar-refractivity contribution in [2.45, 2.75) is 6.92 Å². The van der Waals surface area contributed by atoms with Crippen molar-refractivity contribution in [1.82, 2.24) is 5.32 Å². The van der Waals surface area contributed by atoms with Crippen LogP contribution < -0.4 is 5.32 Å². The lowest BCUT2D eigenvalue weighted by Gasteiger charge is -2.07. The normalized spacial score (nSPS) is 10.2. The van der Waals surface area contributed by atoms with Crippen LogP contribution in [0.2, 0.25) is 0 Å². The first-order chi connectivity index (χ1) is 9.06. The molecule has 0 saturated carbocycles. The maximum atomic E-state index is 11.8. The maximum absolute atomic E-state index is 11.8. The molecule has 6 nitrogen and oxygen atoms in total. The summed E-state index contributed by atoms with van der Waals surface area (Å²) in [5, 5.41) is 14.0. The van der Waals surface area contributed by atoms with Gasteiger partial charge < -0.3 is 10.1 Å². The van der Waals surface area contributed by atoms with Gasteiger partial charge in [-0.2, -0.15) is 0 Å². The van der Waals surface area contributed by atoms with E-state index in [9.17, 15) is 14.9 Å². The standard InChI is InChI=1S/C12H15BrN2O4/c1-9-8-10(15(17)18)2-3-11(9)12(16)14-5-7-19-6-4-13/h2-3,8H,4-7H2,1H3,(H,14,16). The predicted molar refractivity (Wildman–Crippen MR) is 74.8 cm³/mol. The van der Waals surface area contributed by atoms with E-state index < -0.39 is 4.92 Å². The number of nitrogens with zero attached hydrogens (tertiary/aromatic N) is 1. The predicted octanol–water partition coefficient (Wildman–Crippen LogP) is 2.04. The first-order valence-electron chi connectivity index (χ1n) is 5.73. The van der Waals surface area contributed by atoms with Crippen molar-refractivity contribution in [3.63, 3.8) is 0 Å². The van der Waals surface area contributed by atoms with Gasteiger partial charge in [0, 0.05) is 29.6 Å². The molecule has 104 valence electrons. The summed E-state index contributed by atoms with van der Waals surface area (Å²) in [6, 6.07) is 4.17. The molecule has 0 bridgehead atoms. The van der Waals surface area contributed by atoms with E-state index in [4.69, 9.17) is 4.74 Å². The van der Waals surface area contributed by atoms with Crippen LogP contribution in [0, 0.1) is 17.0 Å². The second-order valence-corrected chi connectivity index (χ2v) is 4.61. The van der Waals surface area contributed by atoms with Gasteiger partial charge in [0.1, 0.15) is 0 Å². The number of halogens is 1. The Hall–Kier alpha value is -1.47. The minimum Gasteiger partial charge on any atom is -0.379 e. The molecule has 0 aliphatic rings. The molecule has 1 aromatic carbocycles. The number of ether oxygens (including phenoxy) is 1. The van der Waals surface area contributed by atoms with Gasteiger partial charge in [0.25, 0.3) is 11.6 Å². The molecule has 1 rings (SSSR count). The van der Waals surface area contributed by atoms with Gasteiger partial charge >= 0.3 is 0 Å². The Morgan fingerprint density at radius 1 is 1.47 bits per heavy atom. The van der Waals surface area contributed by atoms with Crippen LogP contribution in [0.5, 0.6) is 0 Å². The van der Waals surface area contributed by atoms with Crippen LogP contribution in [0.1, 0.15) is 15.9 Å². The van der Waals surface area contributed by atoms with Crippen LogP contribution in [0.25, 0.3) is 0 Å². The molecule has 0 heterocycles. The molecule has 7 heteroatoms. The van der Waals surface area contributed by atoms with E-state index in [1.54, 1.807) is 6.92 Å². The molecule has 1 N–H and O–H groups in total. The van der Waals surface area contributed by atoms with Crippen molar-refractivity contribution >= 4 is 27.5 Å². The van der Waals surface area contributed by atoms with E-state index in [1.165, 1.54) is 18.2 Å². The molecule has 1 amide bonds. The molecule has 0 spiro atoms. The van der Waals surface area contributed by atoms with Crippen molar-refractivity contribution < 1.29 is 14.5 Å². The monoisotopic (exact) mass is 330 g/mol. The van der Waals surface area contributed by atoms with E-state index in [1.807, 2.05) is 0 Å². The van der Waals surface area contributed by atoms with Crippen LogP contribution in [0.3, 0.4) is 0 Å². The van der Waals surface area contributed by atoms with E-state index in [2.05, 4.69) is 21.2 Å². The van der Waals surface area contributed by atoms with Gasteiger partial charge in [0.05, 0.1) is 18.1 Å². The van der Waals surface area contributed by atoms with Crippen molar-refractivity contribution in [3.05, 3.63) is 39.4 Å². The van der Waals surface area contributed by atoms with Crippen LogP contribution in [0.15, 0.2) is 18.2 Å². The number of hydrogen-bond acceptors (Lipinski definition) is 4. The van der Waals surface area contributed by atoms with Crippen molar-refractivity contribution in [1.29, 1.82) is 0 Å². The second kappa shape index (κ2) is 7.85. The summed E-state index contributed by atoms with van der Waals surface area (Å²) in [7, 11) is 0. The van der Waals surface area contributed by atoms with E-state index in [0.29, 0.717) is 30.9 Å². The zero-order valence-corrected chi connectivity index (χ0v) is 12.1. The van der Waals surface area contributed by atoms with Gasteiger partial charge in [0.15, 0.2) is 0 Å². The Bertz CT molecular complexity index is 465. The van der Waals surface area contributed by atoms with E-state index in [-0.39, 0.29) is 11.6 Å². The smallest absolute Gasteiger partial charge is 0.269 e. The van der Waals surface area contributed by atoms with Crippen molar-refractivity contribution in [2.24, 2.45) is 0 Å². The number of carbonyl (C=O) groups excluding carboxylic acids is 1. The Morgan fingerprint density at radius 3 is 2.79 bits per heavy atom. The summed E-state index contributed by atoms with van der Waals surface area (Å²) in [5.41, 5.74) is 0.994. The van der Waals surface area contributed by atoms with E-state index in [0.717, 1.165) is 5.33 Å². The molecule has 0 aliphatic heterocycles. The summed E-state index contributed by atoms with van der Waals surface area (Å²) < 4.78 is 5.20. The topological polar surface area (TPSA) is 81.5 Å². The van der Waals surface area contributed by atoms with Gasteiger partial charge in [-0.05, 0) is 18.6 Å². The molecule has 1 aromatic rings. The fourth-order valence-electron chi connectivity index (χ4n) is 1.50. The highest BCUT2D eigenvalue weighted by atomic mass is 79.9. The largest absolute Gasteiger partial charge is 0.379 e. The Morgan fingerprint density at radius 2 is 2.21 bits per heavy atom. The number of non-ortho nitro benzene ring substituents is 1. The number of alkyl halides is 1. The van der Waals surface area contributed by atoms with Crippen LogP contribution in [-0.2, 0) is 4.74 Å². The summed E-state index contributed by atoms with van der Waals surface area (Å²) in [6.45, 7) is 3.10. The molecular weight excluding hydrogens is 316 g/mol. The third kappa shape index (κ3) is 4.96. The van der Waals surface area contributed by atoms with Crippen molar-refractivity contribution in [3.8, 4) is 0 Å². The molecule has 0 unspecified atom stereocenters. The average molecular weight is 331 g/mol. The lowest BCUT2D eigenvalue weighted by molar-refractivity contribution is -0.384. The number of aryl methyl sites for hydroxylation is 1. The first-order valence-corrected chi connectivity index (χ1v) is 6.85. The number of carbonyl (C=O) groups is 1. The molecule has 0 saturated heterocycles. The van der Waals surface area contributed by atoms with Crippen LogP contribution in [0.4, 0.5) is 5.69 Å². The molecule has 0 radical (unpaired) electrons. The molecular formula is C12H15BrN2O4. The SMILES string of the molecule is Cc1cc([N+](=O)[O-])ccc1C(=O)NCCOCCBr. The van der Waals surface area contributed by atoms with Gasteiger partial charge in [0.2, 0.25) is 0 Å². The number of nitrogens with one attached hydrogen (secondary N) is 1. The minimum atomic E-state index is -0.483. The molecule has 0 fully saturated rings. The number of nitro groups is 1. The highest BCUT2D eigenvalue weighted by Crippen LogP contribution is 2.16. The molecule has 0 aromatic heterocycles. The third-order valence-electron chi connectivity index (χ3n) is 2.42. The lowest BCUT2D eigenvalue weighted by atomic mass is 10.1. The Balaban J connectivity index is 2.55. The number of nitro benzene ring substituents is 1. The summed E-state index contributed by atoms with van der Waals surface area (Å²) in [4.78, 5) is 21.9. The summed E-state index contributed by atoms with van der Waals surface area (Å²) >= 11 is 3.23. The number of hydrogen-bond donors (Lipinski definition) is 1. The molecule has 0 aliphatic carbocycles. The number of rotatable bonds is 7. The van der Waals surface area contributed by atoms with Gasteiger partial charge in [-0.1, -0.05) is 15.9 Å². The van der Waals surface area contributed by atoms with Crippen molar-refractivity contribution in [2.75, 3.05) is 25.1 Å². The number of benzene rings is 1. The van der Waals surface area contributed by atoms with Crippen LogP contribution >= 0.6 is 15.9 Å². The average Bonchev–Trinajstić information content (AvgIpc) is 2.38. The fraction of sp³-hybridized carbons (Fsp3) is 0.417. The Labute approximate surface area is 119 Å². The number of amides is 1. The summed E-state index contributed by atoms with van der Waals surface area (Å²) in [5.74, 6) is -0.255. The highest BCUT2D eigenvalue weighted by molar-refractivity contribution is 9.09. The lowest BCUT2D eigenvalue weighted by Crippen LogP contribution is -2.28. The van der Waals surface area contributed by atoms with Gasteiger partial charge in [-0.25, -0.2) is 0 Å². The third-order valence-corrected chi connectivity index (χ3v) is 2.74. The summed E-state index contributed by atoms with van der Waals surface area (Å²) in [6.07, 6.45) is 0. The highest BCUT2D eigenvalue weighted by Gasteiger charge is 2.12. The first kappa shape index (κ1) is 15.6. The fourth-order valence-corrected chi connectivity index (χ4v) is 1.73. The van der Waals surface area contributed by atoms with Gasteiger partial charge in [-0.3, -0.25) is 14.9 Å². The molecule has 0 atom stereocenters.